The summed E-state index contributed by atoms with van der Waals surface area (Å²) in [5.41, 5.74) is 2.02. The molecule has 0 atom stereocenters. The molecule has 0 fully saturated rings. The Morgan fingerprint density at radius 1 is 1.14 bits per heavy atom. The van der Waals surface area contributed by atoms with Crippen molar-refractivity contribution in [1.29, 1.82) is 0 Å². The quantitative estimate of drug-likeness (QED) is 0.389. The summed E-state index contributed by atoms with van der Waals surface area (Å²) in [6.07, 6.45) is 6.81. The number of rotatable bonds is 6. The Morgan fingerprint density at radius 2 is 2.07 bits per heavy atom. The highest BCUT2D eigenvalue weighted by atomic mass is 19.1. The molecule has 29 heavy (non-hydrogen) atoms. The van der Waals surface area contributed by atoms with Crippen LogP contribution in [0.3, 0.4) is 0 Å². The maximum absolute atomic E-state index is 14.4. The van der Waals surface area contributed by atoms with Gasteiger partial charge in [-0.2, -0.15) is 0 Å². The molecule has 9 heteroatoms. The number of guanidine groups is 1. The molecule has 3 aromatic heterocycles. The molecule has 8 nitrogen and oxygen atoms in total. The van der Waals surface area contributed by atoms with Crippen LogP contribution >= 0.6 is 0 Å². The minimum Gasteiger partial charge on any atom is -0.357 e. The van der Waals surface area contributed by atoms with Crippen LogP contribution in [0.25, 0.3) is 11.3 Å². The molecule has 0 amide bonds. The number of nitrogens with one attached hydrogen (secondary N) is 2. The van der Waals surface area contributed by atoms with E-state index in [1.54, 1.807) is 29.4 Å². The zero-order valence-electron chi connectivity index (χ0n) is 16.0. The van der Waals surface area contributed by atoms with Gasteiger partial charge in [-0.15, -0.1) is 10.2 Å². The third kappa shape index (κ3) is 4.23. The second kappa shape index (κ2) is 8.51. The molecule has 3 heterocycles. The molecule has 1 aromatic carbocycles. The summed E-state index contributed by atoms with van der Waals surface area (Å²) in [4.78, 5) is 8.50. The Bertz CT molecular complexity index is 1120. The molecular formula is C20H21FN8. The lowest BCUT2D eigenvalue weighted by atomic mass is 10.2. The summed E-state index contributed by atoms with van der Waals surface area (Å²) >= 11 is 0. The van der Waals surface area contributed by atoms with Crippen molar-refractivity contribution in [2.75, 3.05) is 6.54 Å². The fraction of sp³-hybridized carbons (Fsp3) is 0.200. The number of benzene rings is 1. The van der Waals surface area contributed by atoms with Crippen molar-refractivity contribution in [3.8, 4) is 5.69 Å². The van der Waals surface area contributed by atoms with E-state index in [2.05, 4.69) is 30.8 Å². The maximum atomic E-state index is 14.4. The van der Waals surface area contributed by atoms with Crippen molar-refractivity contribution in [3.05, 3.63) is 78.5 Å². The van der Waals surface area contributed by atoms with E-state index < -0.39 is 0 Å². The summed E-state index contributed by atoms with van der Waals surface area (Å²) in [6, 6.07) is 10.8. The monoisotopic (exact) mass is 392 g/mol. The molecule has 4 aromatic rings. The minimum absolute atomic E-state index is 0.316. The van der Waals surface area contributed by atoms with Gasteiger partial charge in [-0.3, -0.25) is 4.40 Å². The van der Waals surface area contributed by atoms with E-state index in [0.717, 1.165) is 17.0 Å². The van der Waals surface area contributed by atoms with Gasteiger partial charge in [-0.1, -0.05) is 12.1 Å². The molecule has 2 N–H and O–H groups in total. The highest BCUT2D eigenvalue weighted by Gasteiger charge is 2.07. The highest BCUT2D eigenvalue weighted by Crippen LogP contribution is 2.15. The van der Waals surface area contributed by atoms with Gasteiger partial charge in [0.05, 0.1) is 25.1 Å². The molecule has 0 radical (unpaired) electrons. The maximum Gasteiger partial charge on any atom is 0.191 e. The molecule has 148 valence electrons. The number of imidazole rings is 1. The average molecular weight is 392 g/mol. The molecule has 4 rings (SSSR count). The third-order valence-corrected chi connectivity index (χ3v) is 4.36. The van der Waals surface area contributed by atoms with Gasteiger partial charge in [0.25, 0.3) is 0 Å². The van der Waals surface area contributed by atoms with Crippen molar-refractivity contribution in [2.45, 2.75) is 20.0 Å². The van der Waals surface area contributed by atoms with Crippen molar-refractivity contribution in [3.63, 3.8) is 0 Å². The van der Waals surface area contributed by atoms with Crippen molar-refractivity contribution < 1.29 is 4.39 Å². The number of hydrogen-bond donors (Lipinski definition) is 2. The molecule has 0 aliphatic heterocycles. The fourth-order valence-corrected chi connectivity index (χ4v) is 2.95. The topological polar surface area (TPSA) is 84.4 Å². The van der Waals surface area contributed by atoms with Crippen LogP contribution in [0.1, 0.15) is 18.3 Å². The van der Waals surface area contributed by atoms with Gasteiger partial charge < -0.3 is 15.2 Å². The first-order valence-electron chi connectivity index (χ1n) is 9.32. The number of aromatic nitrogens is 5. The number of nitrogens with zero attached hydrogens (tertiary/aromatic N) is 6. The van der Waals surface area contributed by atoms with E-state index in [-0.39, 0.29) is 5.82 Å². The van der Waals surface area contributed by atoms with Crippen LogP contribution in [-0.4, -0.2) is 36.7 Å². The molecule has 0 unspecified atom stereocenters. The van der Waals surface area contributed by atoms with Gasteiger partial charge >= 0.3 is 0 Å². The molecule has 0 saturated carbocycles. The van der Waals surface area contributed by atoms with Crippen LogP contribution in [0.15, 0.2) is 66.3 Å². The number of hydrogen-bond acceptors (Lipinski definition) is 4. The number of halogens is 1. The average Bonchev–Trinajstić information content (AvgIpc) is 3.40. The summed E-state index contributed by atoms with van der Waals surface area (Å²) in [7, 11) is 0. The zero-order valence-corrected chi connectivity index (χ0v) is 16.0. The molecule has 0 aliphatic rings. The van der Waals surface area contributed by atoms with Gasteiger partial charge in [0.1, 0.15) is 5.82 Å². The normalized spacial score (nSPS) is 11.7. The first-order valence-corrected chi connectivity index (χ1v) is 9.32. The SMILES string of the molecule is CCNC(=NCc1ccc(-n2ccnc2)c(F)c1)NCc1nnc2ccccn12. The second-order valence-corrected chi connectivity index (χ2v) is 6.35. The van der Waals surface area contributed by atoms with E-state index in [0.29, 0.717) is 31.3 Å². The van der Waals surface area contributed by atoms with Gasteiger partial charge in [0.15, 0.2) is 17.4 Å². The highest BCUT2D eigenvalue weighted by molar-refractivity contribution is 5.79. The third-order valence-electron chi connectivity index (χ3n) is 4.36. The summed E-state index contributed by atoms with van der Waals surface area (Å²) in [6.45, 7) is 3.51. The largest absolute Gasteiger partial charge is 0.357 e. The lowest BCUT2D eigenvalue weighted by Crippen LogP contribution is -2.37. The van der Waals surface area contributed by atoms with Crippen molar-refractivity contribution >= 4 is 11.6 Å². The summed E-state index contributed by atoms with van der Waals surface area (Å²) < 4.78 is 18.0. The van der Waals surface area contributed by atoms with E-state index in [1.165, 1.54) is 6.07 Å². The second-order valence-electron chi connectivity index (χ2n) is 6.35. The van der Waals surface area contributed by atoms with Crippen LogP contribution in [0.2, 0.25) is 0 Å². The minimum atomic E-state index is -0.316. The van der Waals surface area contributed by atoms with Gasteiger partial charge in [0, 0.05) is 25.1 Å². The summed E-state index contributed by atoms with van der Waals surface area (Å²) in [5, 5.41) is 14.8. The van der Waals surface area contributed by atoms with Gasteiger partial charge in [0.2, 0.25) is 0 Å². The van der Waals surface area contributed by atoms with E-state index in [1.807, 2.05) is 41.8 Å². The predicted molar refractivity (Wildman–Crippen MR) is 108 cm³/mol. The standard InChI is InChI=1S/C20H21FN8/c1-2-23-20(25-13-19-27-26-18-5-3-4-9-29(18)19)24-12-15-6-7-17(16(21)11-15)28-10-8-22-14-28/h3-11,14H,2,12-13H2,1H3,(H2,23,24,25). The van der Waals surface area contributed by atoms with Gasteiger partial charge in [-0.25, -0.2) is 14.4 Å². The fourth-order valence-electron chi connectivity index (χ4n) is 2.95. The lowest BCUT2D eigenvalue weighted by Gasteiger charge is -2.11. The first-order chi connectivity index (χ1) is 14.2. The molecule has 0 saturated heterocycles. The number of fused-ring (bicyclic) bond motifs is 1. The van der Waals surface area contributed by atoms with Crippen LogP contribution in [-0.2, 0) is 13.1 Å². The Balaban J connectivity index is 1.45. The smallest absolute Gasteiger partial charge is 0.191 e. The Hall–Kier alpha value is -3.75. The van der Waals surface area contributed by atoms with Crippen LogP contribution in [0.4, 0.5) is 4.39 Å². The lowest BCUT2D eigenvalue weighted by molar-refractivity contribution is 0.615. The van der Waals surface area contributed by atoms with Crippen LogP contribution in [0, 0.1) is 5.82 Å². The Labute approximate surface area is 167 Å². The van der Waals surface area contributed by atoms with E-state index in [4.69, 9.17) is 0 Å². The number of pyridine rings is 1. The van der Waals surface area contributed by atoms with Crippen molar-refractivity contribution in [1.82, 2.24) is 34.8 Å². The molecule has 0 spiro atoms. The van der Waals surface area contributed by atoms with Crippen LogP contribution in [0.5, 0.6) is 0 Å². The molecule has 0 bridgehead atoms. The van der Waals surface area contributed by atoms with Crippen molar-refractivity contribution in [2.24, 2.45) is 4.99 Å². The molecular weight excluding hydrogens is 371 g/mol. The molecule has 0 aliphatic carbocycles. The van der Waals surface area contributed by atoms with Gasteiger partial charge in [-0.05, 0) is 36.8 Å². The van der Waals surface area contributed by atoms with E-state index >= 15 is 0 Å². The Kier molecular flexibility index (Phi) is 5.46. The van der Waals surface area contributed by atoms with E-state index in [9.17, 15) is 4.39 Å². The predicted octanol–water partition coefficient (Wildman–Crippen LogP) is 2.31. The Morgan fingerprint density at radius 3 is 2.86 bits per heavy atom. The van der Waals surface area contributed by atoms with Crippen LogP contribution < -0.4 is 10.6 Å². The number of aliphatic imine (C=N–C) groups is 1. The first kappa shape index (κ1) is 18.6. The zero-order chi connectivity index (χ0) is 20.1. The summed E-state index contributed by atoms with van der Waals surface area (Å²) in [5.74, 6) is 1.09.